The summed E-state index contributed by atoms with van der Waals surface area (Å²) in [6, 6.07) is 16.0. The highest BCUT2D eigenvalue weighted by Gasteiger charge is 2.34. The van der Waals surface area contributed by atoms with Crippen LogP contribution in [0.15, 0.2) is 53.0 Å². The Bertz CT molecular complexity index is 1100. The van der Waals surface area contributed by atoms with Crippen molar-refractivity contribution in [2.24, 2.45) is 5.92 Å². The predicted octanol–water partition coefficient (Wildman–Crippen LogP) is 6.07. The van der Waals surface area contributed by atoms with Crippen molar-refractivity contribution in [1.82, 2.24) is 5.32 Å². The zero-order chi connectivity index (χ0) is 20.7. The lowest BCUT2D eigenvalue weighted by atomic mass is 9.88. The van der Waals surface area contributed by atoms with Crippen LogP contribution >= 0.6 is 27.3 Å². The van der Waals surface area contributed by atoms with E-state index in [0.717, 1.165) is 51.2 Å². The lowest BCUT2D eigenvalue weighted by Crippen LogP contribution is -2.38. The van der Waals surface area contributed by atoms with Crippen LogP contribution in [0.1, 0.15) is 51.4 Å². The van der Waals surface area contributed by atoms with Crippen LogP contribution in [-0.4, -0.2) is 5.91 Å². The number of ether oxygens (including phenoxy) is 1. The van der Waals surface area contributed by atoms with Crippen LogP contribution in [0, 0.1) is 5.92 Å². The maximum Gasteiger partial charge on any atom is 0.256 e. The average Bonchev–Trinajstić information content (AvgIpc) is 3.11. The molecule has 0 saturated carbocycles. The number of nitrogens with one attached hydrogen (secondary N) is 2. The van der Waals surface area contributed by atoms with Crippen molar-refractivity contribution in [3.8, 4) is 5.75 Å². The number of amides is 1. The Hall–Kier alpha value is -2.31. The van der Waals surface area contributed by atoms with Gasteiger partial charge in [-0.05, 0) is 54.5 Å². The molecule has 1 aromatic heterocycles. The van der Waals surface area contributed by atoms with E-state index in [4.69, 9.17) is 4.74 Å². The predicted molar refractivity (Wildman–Crippen MR) is 124 cm³/mol. The molecule has 6 heteroatoms. The third kappa shape index (κ3) is 3.74. The van der Waals surface area contributed by atoms with E-state index in [1.165, 1.54) is 10.4 Å². The van der Waals surface area contributed by atoms with Gasteiger partial charge in [0, 0.05) is 14.9 Å². The minimum absolute atomic E-state index is 0.00906. The molecule has 0 saturated heterocycles. The van der Waals surface area contributed by atoms with E-state index >= 15 is 0 Å². The van der Waals surface area contributed by atoms with Gasteiger partial charge >= 0.3 is 0 Å². The smallest absolute Gasteiger partial charge is 0.256 e. The zero-order valence-electron chi connectivity index (χ0n) is 16.7. The second-order valence-corrected chi connectivity index (χ2v) is 10.1. The Labute approximate surface area is 188 Å². The van der Waals surface area contributed by atoms with Gasteiger partial charge in [-0.3, -0.25) is 4.79 Å². The SMILES string of the molecule is C[C@@H]1CCc2c(sc3c2C(=O)N[C@@H](c2cc(Br)ccc2OCc2ccccc2)N3)C1. The minimum Gasteiger partial charge on any atom is -0.488 e. The van der Waals surface area contributed by atoms with Crippen LogP contribution in [-0.2, 0) is 19.4 Å². The third-order valence-electron chi connectivity index (χ3n) is 5.81. The standard InChI is InChI=1S/C24H23BrN2O2S/c1-14-7-9-17-20(11-14)30-24-21(17)23(28)26-22(27-24)18-12-16(25)8-10-19(18)29-13-15-5-3-2-4-6-15/h2-6,8,10,12,14,22,27H,7,9,11,13H2,1H3,(H,26,28)/t14-,22-/m1/s1. The quantitative estimate of drug-likeness (QED) is 0.474. The maximum atomic E-state index is 13.1. The van der Waals surface area contributed by atoms with Crippen LogP contribution in [0.2, 0.25) is 0 Å². The van der Waals surface area contributed by atoms with Crippen molar-refractivity contribution >= 4 is 38.2 Å². The Balaban J connectivity index is 1.44. The molecule has 1 amide bonds. The number of anilines is 1. The lowest BCUT2D eigenvalue weighted by molar-refractivity contribution is 0.0934. The molecule has 2 aromatic carbocycles. The van der Waals surface area contributed by atoms with Crippen LogP contribution in [0.5, 0.6) is 5.75 Å². The molecule has 2 atom stereocenters. The molecule has 0 unspecified atom stereocenters. The van der Waals surface area contributed by atoms with E-state index in [2.05, 4.69) is 33.5 Å². The fourth-order valence-corrected chi connectivity index (χ4v) is 6.05. The van der Waals surface area contributed by atoms with Gasteiger partial charge in [-0.2, -0.15) is 0 Å². The first-order chi connectivity index (χ1) is 14.6. The topological polar surface area (TPSA) is 50.4 Å². The summed E-state index contributed by atoms with van der Waals surface area (Å²) in [5.74, 6) is 1.45. The number of thiophene rings is 1. The number of benzene rings is 2. The van der Waals surface area contributed by atoms with Gasteiger partial charge in [-0.25, -0.2) is 0 Å². The van der Waals surface area contributed by atoms with Crippen LogP contribution in [0.4, 0.5) is 5.00 Å². The van der Waals surface area contributed by atoms with E-state index in [9.17, 15) is 4.79 Å². The Morgan fingerprint density at radius 1 is 1.17 bits per heavy atom. The summed E-state index contributed by atoms with van der Waals surface area (Å²) in [4.78, 5) is 14.4. The van der Waals surface area contributed by atoms with Crippen molar-refractivity contribution in [3.63, 3.8) is 0 Å². The van der Waals surface area contributed by atoms with Crippen molar-refractivity contribution in [2.75, 3.05) is 5.32 Å². The molecule has 0 fully saturated rings. The van der Waals surface area contributed by atoms with Crippen molar-refractivity contribution < 1.29 is 9.53 Å². The van der Waals surface area contributed by atoms with Crippen LogP contribution in [0.25, 0.3) is 0 Å². The fraction of sp³-hybridized carbons (Fsp3) is 0.292. The molecule has 4 nitrogen and oxygen atoms in total. The first-order valence-corrected chi connectivity index (χ1v) is 11.9. The Morgan fingerprint density at radius 3 is 2.83 bits per heavy atom. The normalized spacial score (nSPS) is 20.0. The summed E-state index contributed by atoms with van der Waals surface area (Å²) >= 11 is 5.30. The van der Waals surface area contributed by atoms with Crippen molar-refractivity contribution in [3.05, 3.63) is 80.1 Å². The molecule has 5 rings (SSSR count). The highest BCUT2D eigenvalue weighted by atomic mass is 79.9. The number of rotatable bonds is 4. The zero-order valence-corrected chi connectivity index (χ0v) is 19.1. The van der Waals surface area contributed by atoms with Gasteiger partial charge in [0.2, 0.25) is 0 Å². The van der Waals surface area contributed by atoms with Gasteiger partial charge in [-0.1, -0.05) is 53.2 Å². The summed E-state index contributed by atoms with van der Waals surface area (Å²) in [5.41, 5.74) is 4.11. The first-order valence-electron chi connectivity index (χ1n) is 10.3. The summed E-state index contributed by atoms with van der Waals surface area (Å²) in [6.07, 6.45) is 2.88. The van der Waals surface area contributed by atoms with Gasteiger partial charge in [0.25, 0.3) is 5.91 Å². The van der Waals surface area contributed by atoms with Gasteiger partial charge < -0.3 is 15.4 Å². The molecule has 154 valence electrons. The highest BCUT2D eigenvalue weighted by Crippen LogP contribution is 2.43. The fourth-order valence-electron chi connectivity index (χ4n) is 4.23. The van der Waals surface area contributed by atoms with E-state index in [1.54, 1.807) is 11.3 Å². The van der Waals surface area contributed by atoms with Crippen molar-refractivity contribution in [2.45, 2.75) is 39.0 Å². The summed E-state index contributed by atoms with van der Waals surface area (Å²) in [6.45, 7) is 2.77. The maximum absolute atomic E-state index is 13.1. The van der Waals surface area contributed by atoms with Crippen LogP contribution < -0.4 is 15.4 Å². The van der Waals surface area contributed by atoms with Crippen molar-refractivity contribution in [1.29, 1.82) is 0 Å². The van der Waals surface area contributed by atoms with E-state index in [-0.39, 0.29) is 12.1 Å². The Morgan fingerprint density at radius 2 is 2.00 bits per heavy atom. The number of carbonyl (C=O) groups excluding carboxylic acids is 1. The first kappa shape index (κ1) is 19.6. The lowest BCUT2D eigenvalue weighted by Gasteiger charge is -2.28. The molecule has 2 heterocycles. The molecule has 0 bridgehead atoms. The molecule has 30 heavy (non-hydrogen) atoms. The third-order valence-corrected chi connectivity index (χ3v) is 7.49. The molecule has 2 aliphatic rings. The molecule has 1 aliphatic carbocycles. The highest BCUT2D eigenvalue weighted by molar-refractivity contribution is 9.10. The second kappa shape index (κ2) is 8.08. The van der Waals surface area contributed by atoms with Gasteiger partial charge in [0.05, 0.1) is 5.56 Å². The van der Waals surface area contributed by atoms with Gasteiger partial charge in [0.15, 0.2) is 0 Å². The molecular weight excluding hydrogens is 460 g/mol. The van der Waals surface area contributed by atoms with E-state index in [0.29, 0.717) is 12.5 Å². The molecule has 0 spiro atoms. The summed E-state index contributed by atoms with van der Waals surface area (Å²) in [5, 5.41) is 7.71. The number of halogens is 1. The number of carbonyl (C=O) groups is 1. The minimum atomic E-state index is -0.328. The molecule has 0 radical (unpaired) electrons. The molecule has 2 N–H and O–H groups in total. The van der Waals surface area contributed by atoms with Gasteiger partial charge in [0.1, 0.15) is 23.5 Å². The second-order valence-electron chi connectivity index (χ2n) is 8.06. The molecule has 3 aromatic rings. The molecule has 1 aliphatic heterocycles. The average molecular weight is 483 g/mol. The molecular formula is C24H23BrN2O2S. The largest absolute Gasteiger partial charge is 0.488 e. The van der Waals surface area contributed by atoms with E-state index in [1.807, 2.05) is 48.5 Å². The Kier molecular flexibility index (Phi) is 5.29. The monoisotopic (exact) mass is 482 g/mol. The number of hydrogen-bond donors (Lipinski definition) is 2. The summed E-state index contributed by atoms with van der Waals surface area (Å²) < 4.78 is 7.09. The number of fused-ring (bicyclic) bond motifs is 3. The number of hydrogen-bond acceptors (Lipinski definition) is 4. The van der Waals surface area contributed by atoms with E-state index < -0.39 is 0 Å². The summed E-state index contributed by atoms with van der Waals surface area (Å²) in [7, 11) is 0. The van der Waals surface area contributed by atoms with Crippen LogP contribution in [0.3, 0.4) is 0 Å². The van der Waals surface area contributed by atoms with Gasteiger partial charge in [-0.15, -0.1) is 11.3 Å².